The summed E-state index contributed by atoms with van der Waals surface area (Å²) in [6.45, 7) is 2.12. The van der Waals surface area contributed by atoms with Crippen molar-refractivity contribution in [2.45, 2.75) is 90.1 Å². The van der Waals surface area contributed by atoms with Gasteiger partial charge in [0.1, 0.15) is 6.61 Å². The van der Waals surface area contributed by atoms with Gasteiger partial charge in [0, 0.05) is 22.3 Å². The van der Waals surface area contributed by atoms with Crippen molar-refractivity contribution < 1.29 is 28.7 Å². The number of fused-ring (bicyclic) bond motifs is 2. The van der Waals surface area contributed by atoms with E-state index < -0.39 is 12.1 Å². The Balaban J connectivity index is 1.04. The number of ether oxygens (including phenoxy) is 2. The Bertz CT molecular complexity index is 1580. The molecule has 0 aliphatic heterocycles. The number of benzene rings is 3. The summed E-state index contributed by atoms with van der Waals surface area (Å²) in [6.07, 6.45) is 13.9. The fourth-order valence-electron chi connectivity index (χ4n) is 8.02. The number of carbonyl (C=O) groups is 4. The van der Waals surface area contributed by atoms with Crippen LogP contribution < -0.4 is 0 Å². The molecule has 0 bridgehead atoms. The van der Waals surface area contributed by atoms with Gasteiger partial charge in [-0.05, 0) is 80.0 Å². The monoisotopic (exact) mass is 634 g/mol. The van der Waals surface area contributed by atoms with Crippen molar-refractivity contribution in [1.82, 2.24) is 0 Å². The summed E-state index contributed by atoms with van der Waals surface area (Å²) >= 11 is 0. The lowest BCUT2D eigenvalue weighted by molar-refractivity contribution is -0.158. The predicted octanol–water partition coefficient (Wildman–Crippen LogP) is 9.10. The predicted molar refractivity (Wildman–Crippen MR) is 180 cm³/mol. The van der Waals surface area contributed by atoms with E-state index in [9.17, 15) is 19.2 Å². The maximum Gasteiger partial charge on any atom is 0.338 e. The molecule has 3 aliphatic carbocycles. The maximum atomic E-state index is 13.4. The van der Waals surface area contributed by atoms with Gasteiger partial charge in [0.2, 0.25) is 0 Å². The van der Waals surface area contributed by atoms with Crippen molar-refractivity contribution in [1.29, 1.82) is 0 Å². The minimum Gasteiger partial charge on any atom is -0.458 e. The van der Waals surface area contributed by atoms with Crippen LogP contribution in [-0.4, -0.2) is 30.1 Å². The van der Waals surface area contributed by atoms with Gasteiger partial charge in [-0.3, -0.25) is 14.4 Å². The molecule has 6 nitrogen and oxygen atoms in total. The van der Waals surface area contributed by atoms with Crippen molar-refractivity contribution in [3.05, 3.63) is 106 Å². The summed E-state index contributed by atoms with van der Waals surface area (Å²) in [5, 5.41) is 0. The quantitative estimate of drug-likeness (QED) is 0.121. The Hall–Kier alpha value is -4.06. The first kappa shape index (κ1) is 32.9. The Kier molecular flexibility index (Phi) is 10.6. The number of ketones is 2. The van der Waals surface area contributed by atoms with Crippen LogP contribution in [0.2, 0.25) is 0 Å². The van der Waals surface area contributed by atoms with Crippen LogP contribution >= 0.6 is 0 Å². The smallest absolute Gasteiger partial charge is 0.338 e. The first-order chi connectivity index (χ1) is 22.9. The number of esters is 2. The molecule has 0 radical (unpaired) electrons. The van der Waals surface area contributed by atoms with E-state index >= 15 is 0 Å². The highest BCUT2D eigenvalue weighted by molar-refractivity contribution is 6.28. The fraction of sp³-hybridized carbons (Fsp3) is 0.463. The van der Waals surface area contributed by atoms with Gasteiger partial charge in [0.05, 0.1) is 11.5 Å². The van der Waals surface area contributed by atoms with Gasteiger partial charge < -0.3 is 9.47 Å². The van der Waals surface area contributed by atoms with Gasteiger partial charge in [-0.2, -0.15) is 0 Å². The number of unbranched alkanes of at least 4 members (excludes halogenated alkanes) is 2. The molecule has 3 aliphatic rings. The van der Waals surface area contributed by atoms with Crippen LogP contribution in [0.3, 0.4) is 0 Å². The largest absolute Gasteiger partial charge is 0.458 e. The van der Waals surface area contributed by atoms with E-state index in [0.29, 0.717) is 17.0 Å². The molecule has 0 spiro atoms. The molecule has 0 saturated heterocycles. The van der Waals surface area contributed by atoms with Crippen molar-refractivity contribution in [2.75, 3.05) is 6.61 Å². The number of carbonyl (C=O) groups excluding carboxylic acids is 4. The van der Waals surface area contributed by atoms with Crippen LogP contribution in [0, 0.1) is 23.7 Å². The molecular weight excluding hydrogens is 588 g/mol. The van der Waals surface area contributed by atoms with Crippen LogP contribution in [0.1, 0.15) is 138 Å². The highest BCUT2D eigenvalue weighted by atomic mass is 16.6. The number of hydrogen-bond donors (Lipinski definition) is 0. The van der Waals surface area contributed by atoms with E-state index in [-0.39, 0.29) is 46.8 Å². The zero-order valence-electron chi connectivity index (χ0n) is 27.5. The van der Waals surface area contributed by atoms with Gasteiger partial charge in [-0.1, -0.05) is 100 Å². The normalized spacial score (nSPS) is 22.9. The molecule has 6 heteroatoms. The first-order valence-corrected chi connectivity index (χ1v) is 17.7. The molecule has 47 heavy (non-hydrogen) atoms. The van der Waals surface area contributed by atoms with E-state index in [2.05, 4.69) is 6.92 Å². The Morgan fingerprint density at radius 2 is 1.30 bits per heavy atom. The third kappa shape index (κ3) is 7.58. The number of hydrogen-bond acceptors (Lipinski definition) is 6. The minimum atomic E-state index is -0.749. The second-order valence-corrected chi connectivity index (χ2v) is 13.8. The molecule has 2 saturated carbocycles. The average molecular weight is 635 g/mol. The molecule has 0 amide bonds. The molecule has 6 rings (SSSR count). The molecule has 0 aromatic heterocycles. The molecule has 0 N–H and O–H groups in total. The molecule has 3 aromatic carbocycles. The lowest BCUT2D eigenvalue weighted by Crippen LogP contribution is -2.30. The average Bonchev–Trinajstić information content (AvgIpc) is 3.12. The molecule has 1 atom stereocenters. The molecule has 1 unspecified atom stereocenters. The van der Waals surface area contributed by atoms with Gasteiger partial charge in [0.15, 0.2) is 17.7 Å². The second-order valence-electron chi connectivity index (χ2n) is 13.8. The standard InChI is InChI=1S/C41H46O6/c1-2-3-5-10-27-15-17-28(18-16-27)29-19-21-31(22-20-29)41(45)47-37(30-11-6-4-7-12-30)26-46-40(44)32-23-24-35-36(25-32)39(43)34-14-9-8-13-33(34)38(35)42/h4,6-9,11-14,23-25,27-29,31,37H,2-3,5,10,15-22,26H2,1H3. The Labute approximate surface area is 278 Å². The third-order valence-corrected chi connectivity index (χ3v) is 10.8. The third-order valence-electron chi connectivity index (χ3n) is 10.8. The summed E-state index contributed by atoms with van der Waals surface area (Å²) in [6, 6.07) is 20.5. The lowest BCUT2D eigenvalue weighted by Gasteiger charge is -2.37. The van der Waals surface area contributed by atoms with Gasteiger partial charge >= 0.3 is 11.9 Å². The molecule has 0 heterocycles. The van der Waals surface area contributed by atoms with Crippen molar-refractivity contribution in [2.24, 2.45) is 23.7 Å². The SMILES string of the molecule is CCCCCC1CCC(C2CCC(C(=O)OC(COC(=O)c3ccc4c(c3)C(=O)c3ccccc3C4=O)c3ccccc3)CC2)CC1. The highest BCUT2D eigenvalue weighted by Crippen LogP contribution is 2.43. The van der Waals surface area contributed by atoms with E-state index in [0.717, 1.165) is 43.1 Å². The summed E-state index contributed by atoms with van der Waals surface area (Å²) in [5.41, 5.74) is 2.06. The number of rotatable bonds is 11. The van der Waals surface area contributed by atoms with Crippen LogP contribution in [0.4, 0.5) is 0 Å². The highest BCUT2D eigenvalue weighted by Gasteiger charge is 2.35. The molecule has 2 fully saturated rings. The first-order valence-electron chi connectivity index (χ1n) is 17.7. The van der Waals surface area contributed by atoms with Crippen LogP contribution in [0.25, 0.3) is 0 Å². The van der Waals surface area contributed by atoms with Crippen LogP contribution in [-0.2, 0) is 14.3 Å². The van der Waals surface area contributed by atoms with Crippen molar-refractivity contribution in [3.8, 4) is 0 Å². The van der Waals surface area contributed by atoms with E-state index in [4.69, 9.17) is 9.47 Å². The fourth-order valence-corrected chi connectivity index (χ4v) is 8.02. The zero-order valence-corrected chi connectivity index (χ0v) is 27.5. The summed E-state index contributed by atoms with van der Waals surface area (Å²) < 4.78 is 11.7. The summed E-state index contributed by atoms with van der Waals surface area (Å²) in [4.78, 5) is 52.8. The summed E-state index contributed by atoms with van der Waals surface area (Å²) in [7, 11) is 0. The molecule has 246 valence electrons. The van der Waals surface area contributed by atoms with Crippen LogP contribution in [0.15, 0.2) is 72.8 Å². The van der Waals surface area contributed by atoms with Crippen LogP contribution in [0.5, 0.6) is 0 Å². The van der Waals surface area contributed by atoms with Crippen molar-refractivity contribution in [3.63, 3.8) is 0 Å². The van der Waals surface area contributed by atoms with Gasteiger partial charge in [-0.15, -0.1) is 0 Å². The van der Waals surface area contributed by atoms with Gasteiger partial charge in [0.25, 0.3) is 0 Å². The van der Waals surface area contributed by atoms with E-state index in [1.165, 1.54) is 69.6 Å². The van der Waals surface area contributed by atoms with E-state index in [1.807, 2.05) is 30.3 Å². The molecule has 3 aromatic rings. The Morgan fingerprint density at radius 3 is 1.96 bits per heavy atom. The minimum absolute atomic E-state index is 0.148. The van der Waals surface area contributed by atoms with Crippen molar-refractivity contribution >= 4 is 23.5 Å². The van der Waals surface area contributed by atoms with Gasteiger partial charge in [-0.25, -0.2) is 4.79 Å². The lowest BCUT2D eigenvalue weighted by atomic mass is 9.68. The second kappa shape index (κ2) is 15.2. The maximum absolute atomic E-state index is 13.4. The Morgan fingerprint density at radius 1 is 0.702 bits per heavy atom. The topological polar surface area (TPSA) is 86.7 Å². The van der Waals surface area contributed by atoms with E-state index in [1.54, 1.807) is 24.3 Å². The zero-order chi connectivity index (χ0) is 32.8. The summed E-state index contributed by atoms with van der Waals surface area (Å²) in [5.74, 6) is 0.826. The molecular formula is C41H46O6.